The van der Waals surface area contributed by atoms with Crippen LogP contribution in [0.5, 0.6) is 0 Å². The maximum Gasteiger partial charge on any atom is 0.409 e. The first-order chi connectivity index (χ1) is 13.1. The van der Waals surface area contributed by atoms with Crippen LogP contribution >= 0.6 is 11.6 Å². The van der Waals surface area contributed by atoms with Crippen molar-refractivity contribution in [3.8, 4) is 0 Å². The van der Waals surface area contributed by atoms with E-state index < -0.39 is 57.7 Å². The van der Waals surface area contributed by atoms with Gasteiger partial charge in [0.2, 0.25) is 11.3 Å². The van der Waals surface area contributed by atoms with Crippen LogP contribution in [-0.4, -0.2) is 35.6 Å². The molecule has 0 N–H and O–H groups in total. The summed E-state index contributed by atoms with van der Waals surface area (Å²) in [6.07, 6.45) is -30.7. The van der Waals surface area contributed by atoms with Gasteiger partial charge in [-0.2, -0.15) is 64.3 Å². The first-order valence-corrected chi connectivity index (χ1v) is 7.39. The van der Waals surface area contributed by atoms with Crippen LogP contribution in [0.3, 0.4) is 0 Å². The van der Waals surface area contributed by atoms with Crippen molar-refractivity contribution in [2.75, 3.05) is 0 Å². The molecular weight excluding hydrogens is 676 g/mol. The monoisotopic (exact) mass is 679 g/mol. The van der Waals surface area contributed by atoms with Gasteiger partial charge < -0.3 is 4.98 Å². The van der Waals surface area contributed by atoms with Crippen LogP contribution < -0.4 is 0 Å². The van der Waals surface area contributed by atoms with Crippen molar-refractivity contribution in [2.24, 2.45) is 10.8 Å². The summed E-state index contributed by atoms with van der Waals surface area (Å²) in [5.41, 5.74) is -20.1. The van der Waals surface area contributed by atoms with Gasteiger partial charge in [0.1, 0.15) is 0 Å². The summed E-state index contributed by atoms with van der Waals surface area (Å²) in [6, 6.07) is 0.636. The Balaban J connectivity index is 0.00000480. The maximum absolute atomic E-state index is 14.2. The van der Waals surface area contributed by atoms with E-state index in [1.165, 1.54) is 0 Å². The summed E-state index contributed by atoms with van der Waals surface area (Å²) in [4.78, 5) is 2.79. The zero-order valence-electron chi connectivity index (χ0n) is 13.7. The van der Waals surface area contributed by atoms with Gasteiger partial charge in [0.15, 0.2) is 5.41 Å². The molecule has 0 aromatic carbocycles. The smallest absolute Gasteiger partial charge is 0.351 e. The zero-order chi connectivity index (χ0) is 23.8. The van der Waals surface area contributed by atoms with E-state index in [9.17, 15) is 61.5 Å². The summed E-state index contributed by atoms with van der Waals surface area (Å²) < 4.78 is 191. The van der Waals surface area contributed by atoms with E-state index in [1.54, 1.807) is 0 Å². The molecule has 1 heterocycles. The van der Waals surface area contributed by atoms with Crippen molar-refractivity contribution in [2.45, 2.75) is 30.6 Å². The van der Waals surface area contributed by atoms with Gasteiger partial charge in [0.25, 0.3) is 0 Å². The molecule has 1 aromatic rings. The van der Waals surface area contributed by atoms with Crippen molar-refractivity contribution in [1.29, 1.82) is 0 Å². The molecule has 1 aromatic heterocycles. The van der Waals surface area contributed by atoms with Crippen LogP contribution in [0.25, 0.3) is 5.57 Å². The van der Waals surface area contributed by atoms with Gasteiger partial charge in [-0.05, 0) is 6.07 Å². The second-order valence-corrected chi connectivity index (χ2v) is 6.36. The molecule has 0 amide bonds. The average molecular weight is 679 g/mol. The SMILES string of the molecule is FC(F)(F)C1(C(F)(F)F)C(c2cc(Cl)ccn2)=[C-]C(F)(F)C1(C(F)(F)F)C(F)(F)F.[Ir]. The van der Waals surface area contributed by atoms with Gasteiger partial charge in [-0.15, -0.1) is 6.07 Å². The molecule has 0 bridgehead atoms. The van der Waals surface area contributed by atoms with E-state index in [4.69, 9.17) is 11.6 Å². The molecule has 2 rings (SSSR count). The largest absolute Gasteiger partial charge is 0.409 e. The van der Waals surface area contributed by atoms with E-state index in [2.05, 4.69) is 4.98 Å². The van der Waals surface area contributed by atoms with Gasteiger partial charge in [-0.1, -0.05) is 17.3 Å². The fourth-order valence-electron chi connectivity index (χ4n) is 3.38. The standard InChI is InChI=1S/C14H3ClF14N.Ir/c15-5-1-2-30-7(3-5)6-4-8(16,17)10(13(24,25)26,14(27,28)29)9(6,11(18,19)20)12(21,22)23;/h1-3H;/q-1;. The first-order valence-electron chi connectivity index (χ1n) is 7.02. The summed E-state index contributed by atoms with van der Waals surface area (Å²) in [7, 11) is 0. The third-order valence-electron chi connectivity index (χ3n) is 4.37. The van der Waals surface area contributed by atoms with Crippen LogP contribution in [0.2, 0.25) is 5.02 Å². The quantitative estimate of drug-likeness (QED) is 0.236. The predicted octanol–water partition coefficient (Wildman–Crippen LogP) is 6.79. The molecular formula is C14H3ClF14IrN-. The van der Waals surface area contributed by atoms with Crippen LogP contribution in [0.4, 0.5) is 61.5 Å². The molecule has 0 atom stereocenters. The van der Waals surface area contributed by atoms with Crippen LogP contribution in [0, 0.1) is 16.9 Å². The summed E-state index contributed by atoms with van der Waals surface area (Å²) in [5.74, 6) is -6.87. The number of halogens is 15. The molecule has 1 radical (unpaired) electrons. The van der Waals surface area contributed by atoms with Crippen molar-refractivity contribution in [3.05, 3.63) is 35.1 Å². The number of rotatable bonds is 1. The molecule has 0 saturated heterocycles. The molecule has 0 unspecified atom stereocenters. The molecule has 179 valence electrons. The second kappa shape index (κ2) is 7.44. The fraction of sp³-hybridized carbons (Fsp3) is 0.500. The minimum Gasteiger partial charge on any atom is -0.351 e. The molecule has 0 aliphatic heterocycles. The molecule has 31 heavy (non-hydrogen) atoms. The summed E-state index contributed by atoms with van der Waals surface area (Å²) in [6.45, 7) is 0. The topological polar surface area (TPSA) is 12.9 Å². The van der Waals surface area contributed by atoms with Crippen molar-refractivity contribution < 1.29 is 81.6 Å². The van der Waals surface area contributed by atoms with Crippen molar-refractivity contribution in [1.82, 2.24) is 4.98 Å². The van der Waals surface area contributed by atoms with Crippen molar-refractivity contribution >= 4 is 17.2 Å². The maximum atomic E-state index is 14.2. The Bertz CT molecular complexity index is 835. The number of allylic oxidation sites excluding steroid dienone is 2. The van der Waals surface area contributed by atoms with E-state index in [0.717, 1.165) is 0 Å². The van der Waals surface area contributed by atoms with Gasteiger partial charge in [-0.25, -0.2) is 8.78 Å². The predicted molar refractivity (Wildman–Crippen MR) is 69.9 cm³/mol. The number of hydrogen-bond donors (Lipinski definition) is 0. The van der Waals surface area contributed by atoms with Gasteiger partial charge >= 0.3 is 24.7 Å². The van der Waals surface area contributed by atoms with Crippen LogP contribution in [0.15, 0.2) is 18.3 Å². The third kappa shape index (κ3) is 3.43. The Morgan fingerprint density at radius 2 is 1.19 bits per heavy atom. The van der Waals surface area contributed by atoms with Gasteiger partial charge in [0.05, 0.1) is 0 Å². The van der Waals surface area contributed by atoms with Gasteiger partial charge in [0, 0.05) is 31.3 Å². The molecule has 17 heteroatoms. The Hall–Kier alpha value is -1.15. The van der Waals surface area contributed by atoms with E-state index in [1.807, 2.05) is 0 Å². The normalized spacial score (nSPS) is 20.8. The average Bonchev–Trinajstić information content (AvgIpc) is 2.71. The van der Waals surface area contributed by atoms with E-state index >= 15 is 0 Å². The fourth-order valence-corrected chi connectivity index (χ4v) is 3.54. The second-order valence-electron chi connectivity index (χ2n) is 5.92. The van der Waals surface area contributed by atoms with Crippen LogP contribution in [0.1, 0.15) is 5.69 Å². The molecule has 0 spiro atoms. The first kappa shape index (κ1) is 27.9. The Morgan fingerprint density at radius 1 is 0.774 bits per heavy atom. The molecule has 1 nitrogen and oxygen atoms in total. The Morgan fingerprint density at radius 3 is 1.52 bits per heavy atom. The van der Waals surface area contributed by atoms with Crippen LogP contribution in [-0.2, 0) is 20.1 Å². The number of hydrogen-bond acceptors (Lipinski definition) is 1. The minimum atomic E-state index is -7.81. The van der Waals surface area contributed by atoms with Crippen molar-refractivity contribution in [3.63, 3.8) is 0 Å². The third-order valence-corrected chi connectivity index (χ3v) is 4.60. The molecule has 1 aliphatic carbocycles. The zero-order valence-corrected chi connectivity index (χ0v) is 16.8. The Labute approximate surface area is 180 Å². The number of nitrogens with zero attached hydrogens (tertiary/aromatic N) is 1. The number of pyridine rings is 1. The Kier molecular flexibility index (Phi) is 6.69. The molecule has 1 aliphatic rings. The number of aromatic nitrogens is 1. The van der Waals surface area contributed by atoms with E-state index in [0.29, 0.717) is 12.3 Å². The summed E-state index contributed by atoms with van der Waals surface area (Å²) in [5, 5.41) is -0.813. The summed E-state index contributed by atoms with van der Waals surface area (Å²) >= 11 is 5.29. The van der Waals surface area contributed by atoms with Gasteiger partial charge in [-0.3, -0.25) is 0 Å². The van der Waals surface area contributed by atoms with E-state index in [-0.39, 0.29) is 32.2 Å². The molecule has 0 fully saturated rings. The number of alkyl halides is 14. The molecule has 0 saturated carbocycles. The minimum absolute atomic E-state index is 0.